The van der Waals surface area contributed by atoms with E-state index < -0.39 is 12.3 Å². The fraction of sp³-hybridized carbons (Fsp3) is 0.481. The van der Waals surface area contributed by atoms with Gasteiger partial charge in [0, 0.05) is 31.1 Å². The Morgan fingerprint density at radius 2 is 1.85 bits per heavy atom. The van der Waals surface area contributed by atoms with E-state index >= 15 is 0 Å². The molecule has 7 nitrogen and oxygen atoms in total. The molecule has 2 fully saturated rings. The summed E-state index contributed by atoms with van der Waals surface area (Å²) in [5.74, 6) is 0.505. The van der Waals surface area contributed by atoms with Crippen LogP contribution in [0.2, 0.25) is 0 Å². The number of carbonyl (C=O) groups excluding carboxylic acids is 2. The summed E-state index contributed by atoms with van der Waals surface area (Å²) in [6.45, 7) is 1.24. The summed E-state index contributed by atoms with van der Waals surface area (Å²) in [5, 5.41) is 16.6. The normalized spacial score (nSPS) is 27.1. The van der Waals surface area contributed by atoms with Crippen LogP contribution < -0.4 is 15.4 Å². The van der Waals surface area contributed by atoms with Gasteiger partial charge in [-0.05, 0) is 55.0 Å². The van der Waals surface area contributed by atoms with Crippen molar-refractivity contribution >= 4 is 11.8 Å². The molecule has 0 aromatic heterocycles. The first kappa shape index (κ1) is 22.9. The summed E-state index contributed by atoms with van der Waals surface area (Å²) in [5.41, 5.74) is 2.83. The molecule has 3 N–H and O–H groups in total. The zero-order valence-corrected chi connectivity index (χ0v) is 19.4. The maximum atomic E-state index is 13.0. The molecule has 1 saturated heterocycles. The van der Waals surface area contributed by atoms with Crippen LogP contribution in [0.25, 0.3) is 0 Å². The van der Waals surface area contributed by atoms with Crippen LogP contribution >= 0.6 is 0 Å². The Hall–Kier alpha value is -2.90. The van der Waals surface area contributed by atoms with Gasteiger partial charge in [-0.25, -0.2) is 0 Å². The van der Waals surface area contributed by atoms with Crippen molar-refractivity contribution in [1.29, 1.82) is 0 Å². The van der Waals surface area contributed by atoms with Crippen molar-refractivity contribution in [2.45, 2.75) is 82.5 Å². The highest BCUT2D eigenvalue weighted by Crippen LogP contribution is 2.32. The molecule has 2 unspecified atom stereocenters. The minimum absolute atomic E-state index is 0.0767. The number of hydrogen-bond donors (Lipinski definition) is 3. The Bertz CT molecular complexity index is 1030. The van der Waals surface area contributed by atoms with Gasteiger partial charge in [-0.1, -0.05) is 43.2 Å². The molecular formula is C27H33N3O4. The van der Waals surface area contributed by atoms with Gasteiger partial charge >= 0.3 is 0 Å². The van der Waals surface area contributed by atoms with Gasteiger partial charge in [0.1, 0.15) is 18.1 Å². The Morgan fingerprint density at radius 3 is 2.68 bits per heavy atom. The van der Waals surface area contributed by atoms with Crippen LogP contribution in [0.15, 0.2) is 48.5 Å². The van der Waals surface area contributed by atoms with Crippen molar-refractivity contribution in [3.63, 3.8) is 0 Å². The van der Waals surface area contributed by atoms with Crippen molar-refractivity contribution in [3.05, 3.63) is 65.2 Å². The van der Waals surface area contributed by atoms with Crippen LogP contribution in [-0.4, -0.2) is 46.2 Å². The zero-order chi connectivity index (χ0) is 23.5. The van der Waals surface area contributed by atoms with Crippen LogP contribution in [0, 0.1) is 0 Å². The van der Waals surface area contributed by atoms with Crippen LogP contribution in [-0.2, 0) is 17.9 Å². The molecule has 2 aliphatic heterocycles. The van der Waals surface area contributed by atoms with Crippen LogP contribution in [0.4, 0.5) is 0 Å². The second-order valence-electron chi connectivity index (χ2n) is 9.64. The van der Waals surface area contributed by atoms with Crippen LogP contribution in [0.5, 0.6) is 5.75 Å². The van der Waals surface area contributed by atoms with Gasteiger partial charge in [-0.3, -0.25) is 9.59 Å². The van der Waals surface area contributed by atoms with E-state index in [1.807, 2.05) is 24.3 Å². The number of aliphatic hydroxyl groups excluding tert-OH is 1. The largest absolute Gasteiger partial charge is 0.489 e. The number of amides is 2. The first-order valence-electron chi connectivity index (χ1n) is 12.4. The molecule has 180 valence electrons. The molecule has 34 heavy (non-hydrogen) atoms. The summed E-state index contributed by atoms with van der Waals surface area (Å²) in [6.07, 6.45) is 5.48. The molecule has 2 aromatic carbocycles. The molecule has 3 aliphatic rings. The predicted molar refractivity (Wildman–Crippen MR) is 128 cm³/mol. The van der Waals surface area contributed by atoms with E-state index in [1.165, 1.54) is 18.4 Å². The third-order valence-corrected chi connectivity index (χ3v) is 7.30. The Kier molecular flexibility index (Phi) is 6.83. The lowest BCUT2D eigenvalue weighted by Crippen LogP contribution is -2.55. The maximum absolute atomic E-state index is 13.0. The van der Waals surface area contributed by atoms with Crippen LogP contribution in [0.1, 0.15) is 66.4 Å². The van der Waals surface area contributed by atoms with Gasteiger partial charge in [0.05, 0.1) is 6.04 Å². The number of rotatable bonds is 6. The molecule has 7 heteroatoms. The highest BCUT2D eigenvalue weighted by atomic mass is 16.5. The van der Waals surface area contributed by atoms with Crippen molar-refractivity contribution in [1.82, 2.24) is 15.5 Å². The smallest absolute Gasteiger partial charge is 0.254 e. The highest BCUT2D eigenvalue weighted by Gasteiger charge is 2.39. The number of piperidine rings is 1. The van der Waals surface area contributed by atoms with E-state index in [1.54, 1.807) is 4.90 Å². The monoisotopic (exact) mass is 463 g/mol. The average molecular weight is 464 g/mol. The number of benzene rings is 2. The van der Waals surface area contributed by atoms with E-state index in [0.717, 1.165) is 37.1 Å². The molecule has 1 saturated carbocycles. The number of ether oxygens (including phenoxy) is 1. The fourth-order valence-electron chi connectivity index (χ4n) is 5.42. The standard InChI is InChI=1S/C27H33N3O4/c31-25-14-13-23(26(32)29-25)30-17-19-15-20(11-12-21(19)27(30)33)34-24-10-6-2-5-9-22(24)28-16-18-7-3-1-4-8-18/h1,3-4,7-8,11-12,15,22-24,26,28,32H,2,5-6,9-10,13-14,16-17H2,(H,29,31)/t22-,23?,24+,26?/m1/s1. The number of carbonyl (C=O) groups is 2. The van der Waals surface area contributed by atoms with Gasteiger partial charge in [-0.2, -0.15) is 0 Å². The minimum Gasteiger partial charge on any atom is -0.489 e. The highest BCUT2D eigenvalue weighted by molar-refractivity contribution is 5.99. The van der Waals surface area contributed by atoms with Crippen molar-refractivity contribution in [2.24, 2.45) is 0 Å². The molecule has 0 spiro atoms. The first-order chi connectivity index (χ1) is 16.6. The summed E-state index contributed by atoms with van der Waals surface area (Å²) in [4.78, 5) is 26.2. The van der Waals surface area contributed by atoms with E-state index in [-0.39, 0.29) is 24.0 Å². The number of aliphatic hydroxyl groups is 1. The van der Waals surface area contributed by atoms with Gasteiger partial charge < -0.3 is 25.4 Å². The molecule has 0 bridgehead atoms. The third-order valence-electron chi connectivity index (χ3n) is 7.30. The average Bonchev–Trinajstić information content (AvgIpc) is 3.00. The first-order valence-corrected chi connectivity index (χ1v) is 12.4. The lowest BCUT2D eigenvalue weighted by atomic mass is 10.0. The quantitative estimate of drug-likeness (QED) is 0.573. The van der Waals surface area contributed by atoms with Gasteiger partial charge in [0.15, 0.2) is 0 Å². The number of nitrogens with one attached hydrogen (secondary N) is 2. The number of nitrogens with zero attached hydrogens (tertiary/aromatic N) is 1. The second-order valence-corrected chi connectivity index (χ2v) is 9.64. The zero-order valence-electron chi connectivity index (χ0n) is 19.4. The lowest BCUT2D eigenvalue weighted by molar-refractivity contribution is -0.129. The predicted octanol–water partition coefficient (Wildman–Crippen LogP) is 3.11. The van der Waals surface area contributed by atoms with Gasteiger partial charge in [0.2, 0.25) is 5.91 Å². The molecule has 2 amide bonds. The summed E-state index contributed by atoms with van der Waals surface area (Å²) in [6, 6.07) is 16.0. The van der Waals surface area contributed by atoms with Crippen molar-refractivity contribution in [2.75, 3.05) is 0 Å². The SMILES string of the molecule is O=C1CCC(N2Cc3cc(O[C@H]4CCCCC[C@H]4NCc4ccccc4)ccc3C2=O)C(O)N1. The second kappa shape index (κ2) is 10.2. The molecule has 1 aliphatic carbocycles. The van der Waals surface area contributed by atoms with E-state index in [4.69, 9.17) is 4.74 Å². The van der Waals surface area contributed by atoms with E-state index in [2.05, 4.69) is 34.9 Å². The summed E-state index contributed by atoms with van der Waals surface area (Å²) >= 11 is 0. The van der Waals surface area contributed by atoms with Gasteiger partial charge in [-0.15, -0.1) is 0 Å². The number of fused-ring (bicyclic) bond motifs is 1. The minimum atomic E-state index is -1.03. The van der Waals surface area contributed by atoms with E-state index in [0.29, 0.717) is 24.9 Å². The van der Waals surface area contributed by atoms with E-state index in [9.17, 15) is 14.7 Å². The summed E-state index contributed by atoms with van der Waals surface area (Å²) < 4.78 is 6.51. The molecule has 2 heterocycles. The Balaban J connectivity index is 1.27. The summed E-state index contributed by atoms with van der Waals surface area (Å²) in [7, 11) is 0. The van der Waals surface area contributed by atoms with Crippen molar-refractivity contribution in [3.8, 4) is 5.75 Å². The lowest BCUT2D eigenvalue weighted by Gasteiger charge is -2.35. The molecular weight excluding hydrogens is 430 g/mol. The van der Waals surface area contributed by atoms with Crippen LogP contribution in [0.3, 0.4) is 0 Å². The molecule has 5 rings (SSSR count). The molecule has 0 radical (unpaired) electrons. The topological polar surface area (TPSA) is 90.9 Å². The Morgan fingerprint density at radius 1 is 1.03 bits per heavy atom. The molecule has 4 atom stereocenters. The maximum Gasteiger partial charge on any atom is 0.254 e. The number of hydrogen-bond acceptors (Lipinski definition) is 5. The molecule has 2 aromatic rings. The Labute approximate surface area is 200 Å². The van der Waals surface area contributed by atoms with Gasteiger partial charge in [0.25, 0.3) is 5.91 Å². The third kappa shape index (κ3) is 4.95. The van der Waals surface area contributed by atoms with Crippen molar-refractivity contribution < 1.29 is 19.4 Å². The fourth-order valence-corrected chi connectivity index (χ4v) is 5.42.